The molecule has 1 unspecified atom stereocenters. The summed E-state index contributed by atoms with van der Waals surface area (Å²) >= 11 is 0. The summed E-state index contributed by atoms with van der Waals surface area (Å²) in [4.78, 5) is 0. The lowest BCUT2D eigenvalue weighted by molar-refractivity contribution is 0.416. The van der Waals surface area contributed by atoms with Crippen LogP contribution in [-0.4, -0.2) is 13.7 Å². The average molecular weight is 283 g/mol. The smallest absolute Gasteiger partial charge is 0.126 e. The zero-order valence-corrected chi connectivity index (χ0v) is 13.4. The second-order valence-corrected chi connectivity index (χ2v) is 5.51. The predicted molar refractivity (Wildman–Crippen MR) is 89.9 cm³/mol. The lowest BCUT2D eigenvalue weighted by Crippen LogP contribution is -2.19. The molecule has 0 aliphatic heterocycles. The molecule has 0 aliphatic carbocycles. The van der Waals surface area contributed by atoms with E-state index >= 15 is 0 Å². The first-order valence-corrected chi connectivity index (χ1v) is 7.64. The van der Waals surface area contributed by atoms with Crippen molar-refractivity contribution in [3.63, 3.8) is 0 Å². The van der Waals surface area contributed by atoms with Crippen LogP contribution < -0.4 is 10.1 Å². The van der Waals surface area contributed by atoms with E-state index in [4.69, 9.17) is 4.74 Å². The van der Waals surface area contributed by atoms with Crippen molar-refractivity contribution in [1.29, 1.82) is 0 Å². The maximum absolute atomic E-state index is 5.50. The van der Waals surface area contributed by atoms with Crippen LogP contribution in [0.5, 0.6) is 5.75 Å². The fourth-order valence-electron chi connectivity index (χ4n) is 2.50. The first kappa shape index (κ1) is 15.6. The van der Waals surface area contributed by atoms with Crippen LogP contribution in [0, 0.1) is 6.92 Å². The van der Waals surface area contributed by atoms with Crippen LogP contribution in [0.2, 0.25) is 0 Å². The standard InChI is InChI=1S/C19H25NO/c1-5-11-20-15(3)16-7-6-8-17(13-16)18-12-14(2)9-10-19(18)21-4/h6-10,12-13,15,20H,5,11H2,1-4H3. The van der Waals surface area contributed by atoms with Crippen molar-refractivity contribution in [1.82, 2.24) is 5.32 Å². The number of aryl methyl sites for hydroxylation is 1. The van der Waals surface area contributed by atoms with Crippen LogP contribution in [0.1, 0.15) is 37.4 Å². The highest BCUT2D eigenvalue weighted by Gasteiger charge is 2.09. The van der Waals surface area contributed by atoms with E-state index in [1.165, 1.54) is 16.7 Å². The van der Waals surface area contributed by atoms with Gasteiger partial charge in [-0.25, -0.2) is 0 Å². The highest BCUT2D eigenvalue weighted by atomic mass is 16.5. The molecule has 0 amide bonds. The van der Waals surface area contributed by atoms with Gasteiger partial charge in [0.25, 0.3) is 0 Å². The number of methoxy groups -OCH3 is 1. The Bertz CT molecular complexity index is 592. The lowest BCUT2D eigenvalue weighted by Gasteiger charge is -2.16. The topological polar surface area (TPSA) is 21.3 Å². The maximum atomic E-state index is 5.50. The van der Waals surface area contributed by atoms with E-state index in [0.717, 1.165) is 24.3 Å². The molecule has 1 atom stereocenters. The Morgan fingerprint density at radius 3 is 2.67 bits per heavy atom. The summed E-state index contributed by atoms with van der Waals surface area (Å²) in [5.41, 5.74) is 4.91. The summed E-state index contributed by atoms with van der Waals surface area (Å²) in [5, 5.41) is 3.54. The van der Waals surface area contributed by atoms with Crippen LogP contribution in [-0.2, 0) is 0 Å². The third-order valence-electron chi connectivity index (χ3n) is 3.75. The Morgan fingerprint density at radius 1 is 1.14 bits per heavy atom. The van der Waals surface area contributed by atoms with E-state index in [1.54, 1.807) is 7.11 Å². The minimum Gasteiger partial charge on any atom is -0.496 e. The van der Waals surface area contributed by atoms with Gasteiger partial charge in [-0.05, 0) is 56.1 Å². The largest absolute Gasteiger partial charge is 0.496 e. The normalized spacial score (nSPS) is 12.2. The van der Waals surface area contributed by atoms with E-state index in [-0.39, 0.29) is 0 Å². The number of benzene rings is 2. The molecule has 0 fully saturated rings. The molecule has 2 rings (SSSR count). The van der Waals surface area contributed by atoms with Gasteiger partial charge in [-0.3, -0.25) is 0 Å². The molecule has 0 aromatic heterocycles. The fourth-order valence-corrected chi connectivity index (χ4v) is 2.50. The van der Waals surface area contributed by atoms with Gasteiger partial charge in [0.1, 0.15) is 5.75 Å². The van der Waals surface area contributed by atoms with Crippen molar-refractivity contribution in [2.45, 2.75) is 33.2 Å². The van der Waals surface area contributed by atoms with Crippen molar-refractivity contribution < 1.29 is 4.74 Å². The Morgan fingerprint density at radius 2 is 1.95 bits per heavy atom. The van der Waals surface area contributed by atoms with Crippen LogP contribution in [0.25, 0.3) is 11.1 Å². The molecule has 2 heteroatoms. The van der Waals surface area contributed by atoms with Gasteiger partial charge in [0, 0.05) is 11.6 Å². The molecule has 0 aliphatic rings. The molecule has 1 N–H and O–H groups in total. The molecular formula is C19H25NO. The molecule has 2 aromatic rings. The van der Waals surface area contributed by atoms with E-state index < -0.39 is 0 Å². The molecule has 0 spiro atoms. The van der Waals surface area contributed by atoms with Gasteiger partial charge in [0.05, 0.1) is 7.11 Å². The lowest BCUT2D eigenvalue weighted by atomic mass is 9.98. The number of rotatable bonds is 6. The minimum absolute atomic E-state index is 0.362. The van der Waals surface area contributed by atoms with E-state index in [1.807, 2.05) is 6.07 Å². The molecule has 0 saturated heterocycles. The van der Waals surface area contributed by atoms with E-state index in [0.29, 0.717) is 6.04 Å². The van der Waals surface area contributed by atoms with Crippen LogP contribution in [0.15, 0.2) is 42.5 Å². The molecule has 0 saturated carbocycles. The molecule has 2 aromatic carbocycles. The predicted octanol–water partition coefficient (Wildman–Crippen LogP) is 4.73. The average Bonchev–Trinajstić information content (AvgIpc) is 2.52. The van der Waals surface area contributed by atoms with Gasteiger partial charge in [-0.15, -0.1) is 0 Å². The second kappa shape index (κ2) is 7.28. The number of nitrogens with one attached hydrogen (secondary N) is 1. The first-order valence-electron chi connectivity index (χ1n) is 7.64. The molecule has 0 radical (unpaired) electrons. The summed E-state index contributed by atoms with van der Waals surface area (Å²) in [6, 6.07) is 15.4. The Hall–Kier alpha value is -1.80. The summed E-state index contributed by atoms with van der Waals surface area (Å²) < 4.78 is 5.50. The van der Waals surface area contributed by atoms with Crippen LogP contribution >= 0.6 is 0 Å². The van der Waals surface area contributed by atoms with Crippen molar-refractivity contribution in [3.05, 3.63) is 53.6 Å². The number of hydrogen-bond acceptors (Lipinski definition) is 2. The van der Waals surface area contributed by atoms with Gasteiger partial charge in [0.2, 0.25) is 0 Å². The van der Waals surface area contributed by atoms with Crippen LogP contribution in [0.4, 0.5) is 0 Å². The second-order valence-electron chi connectivity index (χ2n) is 5.51. The monoisotopic (exact) mass is 283 g/mol. The van der Waals surface area contributed by atoms with Gasteiger partial charge in [-0.1, -0.05) is 36.8 Å². The maximum Gasteiger partial charge on any atom is 0.126 e. The Labute approximate surface area is 128 Å². The SMILES string of the molecule is CCCNC(C)c1cccc(-c2cc(C)ccc2OC)c1. The van der Waals surface area contributed by atoms with Crippen molar-refractivity contribution in [2.75, 3.05) is 13.7 Å². The van der Waals surface area contributed by atoms with Gasteiger partial charge in [0.15, 0.2) is 0 Å². The van der Waals surface area contributed by atoms with Crippen molar-refractivity contribution in [2.24, 2.45) is 0 Å². The summed E-state index contributed by atoms with van der Waals surface area (Å²) in [7, 11) is 1.73. The quantitative estimate of drug-likeness (QED) is 0.827. The number of hydrogen-bond donors (Lipinski definition) is 1. The van der Waals surface area contributed by atoms with Gasteiger partial charge >= 0.3 is 0 Å². The van der Waals surface area contributed by atoms with Crippen molar-refractivity contribution >= 4 is 0 Å². The first-order chi connectivity index (χ1) is 10.2. The summed E-state index contributed by atoms with van der Waals surface area (Å²) in [6.45, 7) is 7.55. The van der Waals surface area contributed by atoms with Gasteiger partial charge in [-0.2, -0.15) is 0 Å². The van der Waals surface area contributed by atoms with E-state index in [2.05, 4.69) is 62.5 Å². The highest BCUT2D eigenvalue weighted by molar-refractivity contribution is 5.71. The Kier molecular flexibility index (Phi) is 5.40. The molecule has 112 valence electrons. The third kappa shape index (κ3) is 3.85. The summed E-state index contributed by atoms with van der Waals surface area (Å²) in [6.07, 6.45) is 1.15. The third-order valence-corrected chi connectivity index (χ3v) is 3.75. The zero-order valence-electron chi connectivity index (χ0n) is 13.4. The van der Waals surface area contributed by atoms with Crippen LogP contribution in [0.3, 0.4) is 0 Å². The van der Waals surface area contributed by atoms with E-state index in [9.17, 15) is 0 Å². The molecule has 0 heterocycles. The van der Waals surface area contributed by atoms with Crippen molar-refractivity contribution in [3.8, 4) is 16.9 Å². The molecule has 2 nitrogen and oxygen atoms in total. The molecular weight excluding hydrogens is 258 g/mol. The fraction of sp³-hybridized carbons (Fsp3) is 0.368. The Balaban J connectivity index is 2.35. The minimum atomic E-state index is 0.362. The zero-order chi connectivity index (χ0) is 15.2. The molecule has 21 heavy (non-hydrogen) atoms. The highest BCUT2D eigenvalue weighted by Crippen LogP contribution is 2.32. The molecule has 0 bridgehead atoms. The van der Waals surface area contributed by atoms with Gasteiger partial charge < -0.3 is 10.1 Å². The summed E-state index contributed by atoms with van der Waals surface area (Å²) in [5.74, 6) is 0.923. The number of ether oxygens (including phenoxy) is 1.